The van der Waals surface area contributed by atoms with Gasteiger partial charge in [-0.3, -0.25) is 0 Å². The van der Waals surface area contributed by atoms with Crippen molar-refractivity contribution in [1.29, 1.82) is 0 Å². The molecule has 2 rings (SSSR count). The van der Waals surface area contributed by atoms with Crippen LogP contribution in [-0.2, 0) is 0 Å². The predicted octanol–water partition coefficient (Wildman–Crippen LogP) is 2.73. The molecule has 1 aromatic rings. The summed E-state index contributed by atoms with van der Waals surface area (Å²) < 4.78 is 13.3. The molecule has 0 radical (unpaired) electrons. The molecule has 4 heteroatoms. The summed E-state index contributed by atoms with van der Waals surface area (Å²) in [6.07, 6.45) is 0.975. The van der Waals surface area contributed by atoms with E-state index in [-0.39, 0.29) is 17.0 Å². The summed E-state index contributed by atoms with van der Waals surface area (Å²) in [7, 11) is 0. The number of aromatic carboxylic acids is 1. The van der Waals surface area contributed by atoms with Gasteiger partial charge in [0.05, 0.1) is 5.69 Å². The molecule has 0 saturated heterocycles. The standard InChI is InChI=1S/C12H14FNO2/c1-12(2)6-9(12)14-8-5-3-4-7(13)10(8)11(15)16/h3-5,9,14H,6H2,1-2H3,(H,15,16). The van der Waals surface area contributed by atoms with E-state index >= 15 is 0 Å². The lowest BCUT2D eigenvalue weighted by molar-refractivity contribution is 0.0693. The third-order valence-corrected chi connectivity index (χ3v) is 3.07. The van der Waals surface area contributed by atoms with E-state index in [9.17, 15) is 9.18 Å². The maximum absolute atomic E-state index is 13.3. The molecule has 2 N–H and O–H groups in total. The molecular formula is C12H14FNO2. The van der Waals surface area contributed by atoms with Crippen molar-refractivity contribution in [3.8, 4) is 0 Å². The minimum atomic E-state index is -1.24. The van der Waals surface area contributed by atoms with Gasteiger partial charge in [-0.15, -0.1) is 0 Å². The van der Waals surface area contributed by atoms with Crippen molar-refractivity contribution in [2.24, 2.45) is 5.41 Å². The van der Waals surface area contributed by atoms with Crippen molar-refractivity contribution in [3.63, 3.8) is 0 Å². The number of nitrogens with one attached hydrogen (secondary N) is 1. The largest absolute Gasteiger partial charge is 0.478 e. The monoisotopic (exact) mass is 223 g/mol. The molecule has 0 spiro atoms. The van der Waals surface area contributed by atoms with Crippen molar-refractivity contribution >= 4 is 11.7 Å². The van der Waals surface area contributed by atoms with Crippen LogP contribution in [0, 0.1) is 11.2 Å². The second-order valence-electron chi connectivity index (χ2n) is 4.86. The molecule has 0 aliphatic heterocycles. The molecule has 3 nitrogen and oxygen atoms in total. The first-order valence-corrected chi connectivity index (χ1v) is 5.20. The van der Waals surface area contributed by atoms with Gasteiger partial charge in [0.25, 0.3) is 0 Å². The third kappa shape index (κ3) is 1.87. The highest BCUT2D eigenvalue weighted by molar-refractivity contribution is 5.94. The van der Waals surface area contributed by atoms with Crippen LogP contribution in [0.4, 0.5) is 10.1 Å². The first kappa shape index (κ1) is 10.9. The molecule has 16 heavy (non-hydrogen) atoms. The maximum Gasteiger partial charge on any atom is 0.340 e. The highest BCUT2D eigenvalue weighted by Crippen LogP contribution is 2.46. The van der Waals surface area contributed by atoms with E-state index in [1.807, 2.05) is 0 Å². The number of carboxylic acids is 1. The molecule has 0 amide bonds. The normalized spacial score (nSPS) is 21.6. The highest BCUT2D eigenvalue weighted by Gasteiger charge is 2.46. The van der Waals surface area contributed by atoms with Gasteiger partial charge < -0.3 is 10.4 Å². The highest BCUT2D eigenvalue weighted by atomic mass is 19.1. The van der Waals surface area contributed by atoms with E-state index in [0.717, 1.165) is 12.5 Å². The van der Waals surface area contributed by atoms with Crippen LogP contribution in [0.25, 0.3) is 0 Å². The number of carbonyl (C=O) groups is 1. The fourth-order valence-corrected chi connectivity index (χ4v) is 1.76. The van der Waals surface area contributed by atoms with Crippen molar-refractivity contribution in [2.75, 3.05) is 5.32 Å². The molecule has 0 heterocycles. The summed E-state index contributed by atoms with van der Waals surface area (Å²) in [6, 6.07) is 4.50. The molecule has 1 aliphatic rings. The summed E-state index contributed by atoms with van der Waals surface area (Å²) in [4.78, 5) is 10.9. The van der Waals surface area contributed by atoms with E-state index in [4.69, 9.17) is 5.11 Å². The lowest BCUT2D eigenvalue weighted by Crippen LogP contribution is -2.13. The summed E-state index contributed by atoms with van der Waals surface area (Å²) in [5, 5.41) is 12.0. The molecule has 1 atom stereocenters. The Hall–Kier alpha value is -1.58. The second kappa shape index (κ2) is 3.47. The summed E-state index contributed by atoms with van der Waals surface area (Å²) in [5.74, 6) is -1.94. The Labute approximate surface area is 93.3 Å². The number of hydrogen-bond acceptors (Lipinski definition) is 2. The Morgan fingerprint density at radius 2 is 2.19 bits per heavy atom. The Kier molecular flexibility index (Phi) is 2.37. The van der Waals surface area contributed by atoms with Crippen LogP contribution >= 0.6 is 0 Å². The third-order valence-electron chi connectivity index (χ3n) is 3.07. The van der Waals surface area contributed by atoms with E-state index in [2.05, 4.69) is 19.2 Å². The fourth-order valence-electron chi connectivity index (χ4n) is 1.76. The molecule has 1 aliphatic carbocycles. The van der Waals surface area contributed by atoms with E-state index in [0.29, 0.717) is 5.69 Å². The van der Waals surface area contributed by atoms with Crippen LogP contribution in [-0.4, -0.2) is 17.1 Å². The molecule has 1 fully saturated rings. The van der Waals surface area contributed by atoms with Crippen molar-refractivity contribution < 1.29 is 14.3 Å². The number of carboxylic acid groups (broad SMARTS) is 1. The van der Waals surface area contributed by atoms with Gasteiger partial charge in [-0.25, -0.2) is 9.18 Å². The van der Waals surface area contributed by atoms with Crippen LogP contribution in [0.3, 0.4) is 0 Å². The zero-order valence-corrected chi connectivity index (χ0v) is 9.25. The number of halogens is 1. The summed E-state index contributed by atoms with van der Waals surface area (Å²) >= 11 is 0. The predicted molar refractivity (Wildman–Crippen MR) is 59.2 cm³/mol. The van der Waals surface area contributed by atoms with Crippen LogP contribution in [0.15, 0.2) is 18.2 Å². The van der Waals surface area contributed by atoms with Gasteiger partial charge in [0, 0.05) is 6.04 Å². The first-order chi connectivity index (χ1) is 7.42. The van der Waals surface area contributed by atoms with Gasteiger partial charge in [-0.05, 0) is 24.0 Å². The molecule has 86 valence electrons. The van der Waals surface area contributed by atoms with Gasteiger partial charge in [0.15, 0.2) is 0 Å². The molecule has 0 aromatic heterocycles. The van der Waals surface area contributed by atoms with Gasteiger partial charge in [0.2, 0.25) is 0 Å². The Morgan fingerprint density at radius 1 is 1.56 bits per heavy atom. The zero-order chi connectivity index (χ0) is 11.9. The second-order valence-corrected chi connectivity index (χ2v) is 4.86. The number of rotatable bonds is 3. The molecule has 1 unspecified atom stereocenters. The van der Waals surface area contributed by atoms with Crippen LogP contribution in [0.5, 0.6) is 0 Å². The first-order valence-electron chi connectivity index (χ1n) is 5.20. The fraction of sp³-hybridized carbons (Fsp3) is 0.417. The smallest absolute Gasteiger partial charge is 0.340 e. The van der Waals surface area contributed by atoms with E-state index < -0.39 is 11.8 Å². The Balaban J connectivity index is 2.27. The summed E-state index contributed by atoms with van der Waals surface area (Å²) in [6.45, 7) is 4.18. The van der Waals surface area contributed by atoms with Crippen molar-refractivity contribution in [1.82, 2.24) is 0 Å². The topological polar surface area (TPSA) is 49.3 Å². The minimum Gasteiger partial charge on any atom is -0.478 e. The van der Waals surface area contributed by atoms with E-state index in [1.54, 1.807) is 6.07 Å². The minimum absolute atomic E-state index is 0.169. The zero-order valence-electron chi connectivity index (χ0n) is 9.25. The van der Waals surface area contributed by atoms with Gasteiger partial charge in [0.1, 0.15) is 11.4 Å². The number of benzene rings is 1. The lowest BCUT2D eigenvalue weighted by atomic mass is 10.1. The maximum atomic E-state index is 13.3. The lowest BCUT2D eigenvalue weighted by Gasteiger charge is -2.11. The Bertz CT molecular complexity index is 443. The van der Waals surface area contributed by atoms with Crippen molar-refractivity contribution in [2.45, 2.75) is 26.3 Å². The number of anilines is 1. The SMILES string of the molecule is CC1(C)CC1Nc1cccc(F)c1C(=O)O. The molecule has 0 bridgehead atoms. The van der Waals surface area contributed by atoms with Crippen LogP contribution in [0.2, 0.25) is 0 Å². The van der Waals surface area contributed by atoms with Gasteiger partial charge in [-0.1, -0.05) is 19.9 Å². The average Bonchev–Trinajstić information content (AvgIpc) is 2.72. The van der Waals surface area contributed by atoms with E-state index in [1.165, 1.54) is 6.07 Å². The number of hydrogen-bond donors (Lipinski definition) is 2. The summed E-state index contributed by atoms with van der Waals surface area (Å²) in [5.41, 5.74) is 0.260. The van der Waals surface area contributed by atoms with Gasteiger partial charge >= 0.3 is 5.97 Å². The molecular weight excluding hydrogens is 209 g/mol. The molecule has 1 aromatic carbocycles. The Morgan fingerprint density at radius 3 is 2.69 bits per heavy atom. The van der Waals surface area contributed by atoms with Gasteiger partial charge in [-0.2, -0.15) is 0 Å². The average molecular weight is 223 g/mol. The van der Waals surface area contributed by atoms with Crippen LogP contribution in [0.1, 0.15) is 30.6 Å². The quantitative estimate of drug-likeness (QED) is 0.828. The van der Waals surface area contributed by atoms with Crippen molar-refractivity contribution in [3.05, 3.63) is 29.6 Å². The molecule has 1 saturated carbocycles. The van der Waals surface area contributed by atoms with Crippen LogP contribution < -0.4 is 5.32 Å².